The summed E-state index contributed by atoms with van der Waals surface area (Å²) in [6, 6.07) is 0. The molecule has 4 nitrogen and oxygen atoms in total. The van der Waals surface area contributed by atoms with Crippen LogP contribution >= 0.6 is 0 Å². The lowest BCUT2D eigenvalue weighted by molar-refractivity contribution is 0.117. The predicted octanol–water partition coefficient (Wildman–Crippen LogP) is 0.171. The Bertz CT molecular complexity index is 190. The van der Waals surface area contributed by atoms with Crippen molar-refractivity contribution < 1.29 is 9.84 Å². The maximum atomic E-state index is 9.77. The van der Waals surface area contributed by atoms with Crippen LogP contribution in [0.3, 0.4) is 0 Å². The fraction of sp³-hybridized carbons (Fsp3) is 1.00. The summed E-state index contributed by atoms with van der Waals surface area (Å²) in [7, 11) is 3.77. The van der Waals surface area contributed by atoms with Crippen LogP contribution < -0.4 is 5.32 Å². The van der Waals surface area contributed by atoms with Crippen molar-refractivity contribution in [2.24, 2.45) is 11.8 Å². The molecular weight excluding hydrogens is 204 g/mol. The number of hydrogen-bond acceptors (Lipinski definition) is 4. The Labute approximate surface area is 99.0 Å². The van der Waals surface area contributed by atoms with Gasteiger partial charge in [-0.15, -0.1) is 0 Å². The minimum Gasteiger partial charge on any atom is -0.390 e. The first kappa shape index (κ1) is 13.9. The summed E-state index contributed by atoms with van der Waals surface area (Å²) in [6.45, 7) is 6.31. The third-order valence-electron chi connectivity index (χ3n) is 3.21. The SMILES string of the molecule is COCCNCC(O)CN(C)CC1CC1C. The molecule has 0 radical (unpaired) electrons. The van der Waals surface area contributed by atoms with Crippen molar-refractivity contribution in [3.8, 4) is 0 Å². The number of ether oxygens (including phenoxy) is 1. The van der Waals surface area contributed by atoms with Gasteiger partial charge in [0.25, 0.3) is 0 Å². The first-order valence-corrected chi connectivity index (χ1v) is 6.19. The number of methoxy groups -OCH3 is 1. The van der Waals surface area contributed by atoms with Gasteiger partial charge in [-0.2, -0.15) is 0 Å². The molecule has 0 aromatic heterocycles. The molecule has 1 aliphatic carbocycles. The molecule has 2 N–H and O–H groups in total. The zero-order valence-corrected chi connectivity index (χ0v) is 10.8. The van der Waals surface area contributed by atoms with Crippen LogP contribution in [-0.4, -0.2) is 63.1 Å². The number of hydrogen-bond donors (Lipinski definition) is 2. The molecule has 3 unspecified atom stereocenters. The van der Waals surface area contributed by atoms with Gasteiger partial charge in [-0.1, -0.05) is 6.92 Å². The molecule has 1 saturated carbocycles. The van der Waals surface area contributed by atoms with Crippen LogP contribution in [0, 0.1) is 11.8 Å². The maximum absolute atomic E-state index is 9.77. The van der Waals surface area contributed by atoms with Crippen LogP contribution in [0.15, 0.2) is 0 Å². The summed E-state index contributed by atoms with van der Waals surface area (Å²) in [4.78, 5) is 2.23. The van der Waals surface area contributed by atoms with Crippen LogP contribution in [0.5, 0.6) is 0 Å². The first-order valence-electron chi connectivity index (χ1n) is 6.19. The van der Waals surface area contributed by atoms with Gasteiger partial charge in [-0.3, -0.25) is 0 Å². The number of rotatable bonds is 9. The second-order valence-electron chi connectivity index (χ2n) is 5.05. The minimum absolute atomic E-state index is 0.282. The van der Waals surface area contributed by atoms with Crippen molar-refractivity contribution in [2.45, 2.75) is 19.4 Å². The number of aliphatic hydroxyl groups is 1. The summed E-state index contributed by atoms with van der Waals surface area (Å²) in [5.41, 5.74) is 0. The molecule has 0 heterocycles. The van der Waals surface area contributed by atoms with Crippen molar-refractivity contribution in [3.05, 3.63) is 0 Å². The normalized spacial score (nSPS) is 26.1. The molecule has 1 rings (SSSR count). The summed E-state index contributed by atoms with van der Waals surface area (Å²) >= 11 is 0. The molecule has 1 fully saturated rings. The van der Waals surface area contributed by atoms with E-state index in [2.05, 4.69) is 24.2 Å². The number of likely N-dealkylation sites (N-methyl/N-ethyl adjacent to an activating group) is 1. The largest absolute Gasteiger partial charge is 0.390 e. The highest BCUT2D eigenvalue weighted by atomic mass is 16.5. The van der Waals surface area contributed by atoms with Gasteiger partial charge in [-0.25, -0.2) is 0 Å². The predicted molar refractivity (Wildman–Crippen MR) is 65.5 cm³/mol. The summed E-state index contributed by atoms with van der Waals surface area (Å²) in [6.07, 6.45) is 1.07. The Morgan fingerprint density at radius 3 is 2.81 bits per heavy atom. The molecule has 96 valence electrons. The molecule has 3 atom stereocenters. The standard InChI is InChI=1S/C12H26N2O2/c1-10-6-11(10)8-14(2)9-12(15)7-13-4-5-16-3/h10-13,15H,4-9H2,1-3H3. The lowest BCUT2D eigenvalue weighted by Gasteiger charge is -2.20. The van der Waals surface area contributed by atoms with Crippen molar-refractivity contribution in [1.29, 1.82) is 0 Å². The van der Waals surface area contributed by atoms with Gasteiger partial charge in [0.2, 0.25) is 0 Å². The highest BCUT2D eigenvalue weighted by Crippen LogP contribution is 2.37. The highest BCUT2D eigenvalue weighted by Gasteiger charge is 2.33. The van der Waals surface area contributed by atoms with E-state index in [1.54, 1.807) is 7.11 Å². The van der Waals surface area contributed by atoms with E-state index >= 15 is 0 Å². The van der Waals surface area contributed by atoms with Gasteiger partial charge < -0.3 is 20.1 Å². The molecule has 0 aromatic rings. The van der Waals surface area contributed by atoms with E-state index in [4.69, 9.17) is 4.74 Å². The molecule has 4 heteroatoms. The fourth-order valence-corrected chi connectivity index (χ4v) is 2.00. The minimum atomic E-state index is -0.282. The smallest absolute Gasteiger partial charge is 0.0791 e. The monoisotopic (exact) mass is 230 g/mol. The number of aliphatic hydroxyl groups excluding tert-OH is 1. The van der Waals surface area contributed by atoms with E-state index < -0.39 is 0 Å². The quantitative estimate of drug-likeness (QED) is 0.554. The van der Waals surface area contributed by atoms with Crippen LogP contribution in [-0.2, 0) is 4.74 Å². The summed E-state index contributed by atoms with van der Waals surface area (Å²) < 4.78 is 4.92. The van der Waals surface area contributed by atoms with Crippen LogP contribution in [0.4, 0.5) is 0 Å². The Hall–Kier alpha value is -0.160. The molecule has 0 amide bonds. The first-order chi connectivity index (χ1) is 7.63. The van der Waals surface area contributed by atoms with Crippen molar-refractivity contribution in [1.82, 2.24) is 10.2 Å². The highest BCUT2D eigenvalue weighted by molar-refractivity contribution is 4.84. The third kappa shape index (κ3) is 5.80. The molecule has 1 aliphatic rings. The molecule has 0 aliphatic heterocycles. The van der Waals surface area contributed by atoms with Crippen molar-refractivity contribution in [3.63, 3.8) is 0 Å². The van der Waals surface area contributed by atoms with Gasteiger partial charge in [0.05, 0.1) is 12.7 Å². The van der Waals surface area contributed by atoms with E-state index in [-0.39, 0.29) is 6.10 Å². The molecule has 0 saturated heterocycles. The number of nitrogens with zero attached hydrogens (tertiary/aromatic N) is 1. The van der Waals surface area contributed by atoms with Crippen LogP contribution in [0.25, 0.3) is 0 Å². The van der Waals surface area contributed by atoms with Gasteiger partial charge in [0.15, 0.2) is 0 Å². The lowest BCUT2D eigenvalue weighted by Crippen LogP contribution is -2.38. The average Bonchev–Trinajstić information content (AvgIpc) is 2.88. The van der Waals surface area contributed by atoms with Crippen LogP contribution in [0.1, 0.15) is 13.3 Å². The van der Waals surface area contributed by atoms with Gasteiger partial charge in [0, 0.05) is 33.3 Å². The topological polar surface area (TPSA) is 44.7 Å². The van der Waals surface area contributed by atoms with Crippen molar-refractivity contribution >= 4 is 0 Å². The fourth-order valence-electron chi connectivity index (χ4n) is 2.00. The van der Waals surface area contributed by atoms with E-state index in [9.17, 15) is 5.11 Å². The Balaban J connectivity index is 1.97. The average molecular weight is 230 g/mol. The van der Waals surface area contributed by atoms with E-state index in [0.29, 0.717) is 13.2 Å². The second-order valence-corrected chi connectivity index (χ2v) is 5.05. The lowest BCUT2D eigenvalue weighted by atomic mass is 10.3. The van der Waals surface area contributed by atoms with Crippen molar-refractivity contribution in [2.75, 3.05) is 46.9 Å². The van der Waals surface area contributed by atoms with Gasteiger partial charge in [0.1, 0.15) is 0 Å². The molecule has 16 heavy (non-hydrogen) atoms. The number of nitrogens with one attached hydrogen (secondary N) is 1. The van der Waals surface area contributed by atoms with E-state index in [1.165, 1.54) is 6.42 Å². The summed E-state index contributed by atoms with van der Waals surface area (Å²) in [5.74, 6) is 1.75. The van der Waals surface area contributed by atoms with Gasteiger partial charge >= 0.3 is 0 Å². The zero-order chi connectivity index (χ0) is 12.0. The van der Waals surface area contributed by atoms with E-state index in [1.807, 2.05) is 0 Å². The Morgan fingerprint density at radius 2 is 2.25 bits per heavy atom. The van der Waals surface area contributed by atoms with E-state index in [0.717, 1.165) is 31.5 Å². The second kappa shape index (κ2) is 7.22. The van der Waals surface area contributed by atoms with Gasteiger partial charge in [-0.05, 0) is 25.3 Å². The zero-order valence-electron chi connectivity index (χ0n) is 10.8. The third-order valence-corrected chi connectivity index (χ3v) is 3.21. The molecule has 0 spiro atoms. The molecular formula is C12H26N2O2. The maximum Gasteiger partial charge on any atom is 0.0791 e. The van der Waals surface area contributed by atoms with Crippen LogP contribution in [0.2, 0.25) is 0 Å². The summed E-state index contributed by atoms with van der Waals surface area (Å²) in [5, 5.41) is 12.9. The molecule has 0 aromatic carbocycles. The molecule has 0 bridgehead atoms. The Kier molecular flexibility index (Phi) is 6.28. The Morgan fingerprint density at radius 1 is 1.56 bits per heavy atom.